The van der Waals surface area contributed by atoms with Gasteiger partial charge in [0.25, 0.3) is 0 Å². The minimum atomic E-state index is -1.16. The molecule has 4 N–H and O–H groups in total. The van der Waals surface area contributed by atoms with Gasteiger partial charge in [-0.25, -0.2) is 0 Å². The number of rotatable bonds is 8. The van der Waals surface area contributed by atoms with Crippen LogP contribution in [-0.4, -0.2) is 48.0 Å². The number of carboxylic acid groups (broad SMARTS) is 2. The van der Waals surface area contributed by atoms with Crippen LogP contribution in [0.2, 0.25) is 0 Å². The van der Waals surface area contributed by atoms with Crippen molar-refractivity contribution in [2.45, 2.75) is 24.9 Å². The van der Waals surface area contributed by atoms with E-state index < -0.39 is 24.0 Å². The van der Waals surface area contributed by atoms with E-state index in [1.807, 2.05) is 12.5 Å². The van der Waals surface area contributed by atoms with Gasteiger partial charge in [0.05, 0.1) is 11.9 Å². The number of nitrogens with two attached hydrogens (primary N) is 2. The zero-order valence-electron chi connectivity index (χ0n) is 10.9. The van der Waals surface area contributed by atoms with E-state index in [-0.39, 0.29) is 16.8 Å². The number of carbonyl (C=O) groups excluding carboxylic acids is 2. The van der Waals surface area contributed by atoms with Crippen molar-refractivity contribution in [3.63, 3.8) is 0 Å². The molecule has 9 heteroatoms. The Bertz CT molecular complexity index is 224. The molecule has 6 nitrogen and oxygen atoms in total. The molecule has 0 aromatic carbocycles. The van der Waals surface area contributed by atoms with Crippen LogP contribution < -0.4 is 21.7 Å². The first-order chi connectivity index (χ1) is 8.36. The molecule has 0 rings (SSSR count). The van der Waals surface area contributed by atoms with Gasteiger partial charge in [0, 0.05) is 12.1 Å². The van der Waals surface area contributed by atoms with Crippen LogP contribution >= 0.6 is 23.5 Å². The van der Waals surface area contributed by atoms with E-state index in [2.05, 4.69) is 0 Å². The van der Waals surface area contributed by atoms with Crippen molar-refractivity contribution in [1.29, 1.82) is 0 Å². The SMILES string of the molecule is CSCCC(N)C(=O)[O-].CSCCC(N)C(=O)[O-].[Co+2]. The molecule has 2 unspecified atom stereocenters. The van der Waals surface area contributed by atoms with Crippen molar-refractivity contribution in [2.75, 3.05) is 24.0 Å². The van der Waals surface area contributed by atoms with Crippen molar-refractivity contribution in [3.05, 3.63) is 0 Å². The van der Waals surface area contributed by atoms with Gasteiger partial charge in [0.15, 0.2) is 0 Å². The minimum absolute atomic E-state index is 0. The second-order valence-corrected chi connectivity index (χ2v) is 5.39. The fraction of sp³-hybridized carbons (Fsp3) is 0.800. The summed E-state index contributed by atoms with van der Waals surface area (Å²) in [6.45, 7) is 0. The van der Waals surface area contributed by atoms with Gasteiger partial charge in [-0.3, -0.25) is 0 Å². The first-order valence-electron chi connectivity index (χ1n) is 5.27. The van der Waals surface area contributed by atoms with Crippen LogP contribution in [0.1, 0.15) is 12.8 Å². The van der Waals surface area contributed by atoms with Gasteiger partial charge in [-0.1, -0.05) is 0 Å². The molecule has 0 aromatic rings. The smallest absolute Gasteiger partial charge is 0.548 e. The maximum absolute atomic E-state index is 9.96. The Hall–Kier alpha value is 0.0665. The van der Waals surface area contributed by atoms with Crippen LogP contribution in [0.5, 0.6) is 0 Å². The molecule has 0 aliphatic heterocycles. The van der Waals surface area contributed by atoms with Crippen LogP contribution in [0.15, 0.2) is 0 Å². The first-order valence-corrected chi connectivity index (χ1v) is 8.06. The van der Waals surface area contributed by atoms with E-state index in [0.29, 0.717) is 12.8 Å². The fourth-order valence-corrected chi connectivity index (χ4v) is 1.70. The fourth-order valence-electron chi connectivity index (χ4n) is 0.725. The summed E-state index contributed by atoms with van der Waals surface area (Å²) in [5, 5.41) is 19.9. The van der Waals surface area contributed by atoms with Crippen molar-refractivity contribution < 1.29 is 36.6 Å². The third-order valence-electron chi connectivity index (χ3n) is 1.87. The van der Waals surface area contributed by atoms with E-state index in [0.717, 1.165) is 11.5 Å². The molecular formula is C10H20CoN2O4S2. The van der Waals surface area contributed by atoms with Crippen molar-refractivity contribution >= 4 is 35.5 Å². The molecule has 0 spiro atoms. The summed E-state index contributed by atoms with van der Waals surface area (Å²) in [5.41, 5.74) is 10.3. The molecule has 0 bridgehead atoms. The number of hydrogen-bond donors (Lipinski definition) is 2. The normalized spacial score (nSPS) is 12.4. The molecule has 0 heterocycles. The second kappa shape index (κ2) is 16.1. The number of carboxylic acids is 2. The molecule has 0 fully saturated rings. The first kappa shape index (κ1) is 24.1. The van der Waals surface area contributed by atoms with E-state index in [4.69, 9.17) is 11.5 Å². The molecule has 1 radical (unpaired) electrons. The average Bonchev–Trinajstić information content (AvgIpc) is 2.33. The number of hydrogen-bond acceptors (Lipinski definition) is 8. The summed E-state index contributed by atoms with van der Waals surface area (Å²) >= 11 is 3.15. The summed E-state index contributed by atoms with van der Waals surface area (Å²) in [7, 11) is 0. The monoisotopic (exact) mass is 355 g/mol. The largest absolute Gasteiger partial charge is 2.00 e. The van der Waals surface area contributed by atoms with Crippen molar-refractivity contribution in [1.82, 2.24) is 0 Å². The summed E-state index contributed by atoms with van der Waals surface area (Å²) in [6.07, 6.45) is 4.79. The van der Waals surface area contributed by atoms with Crippen LogP contribution in [-0.2, 0) is 26.4 Å². The predicted octanol–water partition coefficient (Wildman–Crippen LogP) is -2.37. The Morgan fingerprint density at radius 2 is 1.21 bits per heavy atom. The van der Waals surface area contributed by atoms with Gasteiger partial charge in [0.2, 0.25) is 0 Å². The summed E-state index contributed by atoms with van der Waals surface area (Å²) in [4.78, 5) is 19.9. The quantitative estimate of drug-likeness (QED) is 0.494. The van der Waals surface area contributed by atoms with Gasteiger partial charge < -0.3 is 31.3 Å². The molecule has 0 amide bonds. The molecule has 0 saturated heterocycles. The second-order valence-electron chi connectivity index (χ2n) is 3.41. The maximum Gasteiger partial charge on any atom is 2.00 e. The number of carbonyl (C=O) groups is 2. The van der Waals surface area contributed by atoms with Crippen molar-refractivity contribution in [2.24, 2.45) is 11.5 Å². The number of aliphatic carboxylic acids is 2. The molecular weight excluding hydrogens is 335 g/mol. The molecule has 2 atom stereocenters. The van der Waals surface area contributed by atoms with Crippen LogP contribution in [0.25, 0.3) is 0 Å². The molecule has 0 aliphatic carbocycles. The Morgan fingerprint density at radius 1 is 0.947 bits per heavy atom. The van der Waals surface area contributed by atoms with Crippen LogP contribution in [0, 0.1) is 0 Å². The third-order valence-corrected chi connectivity index (χ3v) is 3.16. The Morgan fingerprint density at radius 3 is 1.37 bits per heavy atom. The average molecular weight is 355 g/mol. The van der Waals surface area contributed by atoms with Gasteiger partial charge in [-0.2, -0.15) is 23.5 Å². The molecule has 0 aromatic heterocycles. The van der Waals surface area contributed by atoms with Gasteiger partial charge in [0.1, 0.15) is 0 Å². The third kappa shape index (κ3) is 18.1. The van der Waals surface area contributed by atoms with Crippen molar-refractivity contribution in [3.8, 4) is 0 Å². The van der Waals surface area contributed by atoms with E-state index >= 15 is 0 Å². The molecule has 0 saturated carbocycles. The topological polar surface area (TPSA) is 132 Å². The van der Waals surface area contributed by atoms with E-state index in [1.54, 1.807) is 23.5 Å². The van der Waals surface area contributed by atoms with Gasteiger partial charge in [-0.15, -0.1) is 0 Å². The number of thioether (sulfide) groups is 2. The van der Waals surface area contributed by atoms with Gasteiger partial charge >= 0.3 is 16.8 Å². The van der Waals surface area contributed by atoms with E-state index in [9.17, 15) is 19.8 Å². The van der Waals surface area contributed by atoms with E-state index in [1.165, 1.54) is 0 Å². The molecule has 115 valence electrons. The van der Waals surface area contributed by atoms with Crippen LogP contribution in [0.4, 0.5) is 0 Å². The Kier molecular flexibility index (Phi) is 20.5. The van der Waals surface area contributed by atoms with Crippen LogP contribution in [0.3, 0.4) is 0 Å². The Balaban J connectivity index is -0.000000256. The predicted molar refractivity (Wildman–Crippen MR) is 72.0 cm³/mol. The molecule has 0 aliphatic rings. The Labute approximate surface area is 132 Å². The maximum atomic E-state index is 9.96. The van der Waals surface area contributed by atoms with Gasteiger partial charge in [-0.05, 0) is 36.9 Å². The minimum Gasteiger partial charge on any atom is -0.548 e. The standard InChI is InChI=1S/2C5H11NO2S.Co/c2*1-9-3-2-4(6)5(7)8;/h2*4H,2-3,6H2,1H3,(H,7,8);/q;;+2/p-2. The molecule has 19 heavy (non-hydrogen) atoms. The summed E-state index contributed by atoms with van der Waals surface area (Å²) in [6, 6.07) is -1.59. The zero-order valence-corrected chi connectivity index (χ0v) is 13.6. The summed E-state index contributed by atoms with van der Waals surface area (Å²) < 4.78 is 0. The zero-order chi connectivity index (χ0) is 14.6. The summed E-state index contributed by atoms with van der Waals surface area (Å²) in [5.74, 6) is -0.780.